The van der Waals surface area contributed by atoms with Crippen molar-refractivity contribution in [2.24, 2.45) is 11.8 Å². The highest BCUT2D eigenvalue weighted by molar-refractivity contribution is 6.08. The third kappa shape index (κ3) is 2.99. The number of para-hydroxylation sites is 1. The van der Waals surface area contributed by atoms with Gasteiger partial charge in [0.25, 0.3) is 5.91 Å². The summed E-state index contributed by atoms with van der Waals surface area (Å²) in [5.41, 5.74) is 1.79. The number of ether oxygens (including phenoxy) is 1. The number of amides is 3. The number of rotatable bonds is 3. The Morgan fingerprint density at radius 2 is 2.00 bits per heavy atom. The van der Waals surface area contributed by atoms with Gasteiger partial charge in [-0.3, -0.25) is 14.4 Å². The number of methoxy groups -OCH3 is 1. The van der Waals surface area contributed by atoms with Crippen LogP contribution in [0.5, 0.6) is 5.75 Å². The number of likely N-dealkylation sites (tertiary alicyclic amines) is 2. The van der Waals surface area contributed by atoms with Crippen molar-refractivity contribution in [1.29, 1.82) is 5.26 Å². The van der Waals surface area contributed by atoms with Gasteiger partial charge in [0.05, 0.1) is 18.6 Å². The zero-order valence-corrected chi connectivity index (χ0v) is 20.2. The molecule has 4 aliphatic rings. The molecule has 186 valence electrons. The van der Waals surface area contributed by atoms with Crippen molar-refractivity contribution >= 4 is 34.3 Å². The van der Waals surface area contributed by atoms with Crippen LogP contribution < -0.4 is 10.1 Å². The molecule has 4 heterocycles. The van der Waals surface area contributed by atoms with E-state index in [-0.39, 0.29) is 42.5 Å². The molecule has 2 N–H and O–H groups in total. The summed E-state index contributed by atoms with van der Waals surface area (Å²) in [5, 5.41) is 13.7. The Labute approximate surface area is 213 Å². The maximum Gasteiger partial charge on any atom is 0.271 e. The van der Waals surface area contributed by atoms with Crippen LogP contribution in [-0.2, 0) is 15.0 Å². The minimum atomic E-state index is -0.948. The number of piperidine rings is 1. The fourth-order valence-corrected chi connectivity index (χ4v) is 6.72. The number of hydrogen-bond acceptors (Lipinski definition) is 5. The number of carbonyl (C=O) groups is 3. The molecule has 3 fully saturated rings. The van der Waals surface area contributed by atoms with Crippen molar-refractivity contribution < 1.29 is 19.1 Å². The Hall–Kier alpha value is -4.32. The highest BCUT2D eigenvalue weighted by Gasteiger charge is 2.61. The molecule has 37 heavy (non-hydrogen) atoms. The first-order chi connectivity index (χ1) is 17.9. The number of nitrogens with zero attached hydrogens (tertiary/aromatic N) is 3. The van der Waals surface area contributed by atoms with Crippen LogP contribution in [0.1, 0.15) is 28.9 Å². The second-order valence-electron chi connectivity index (χ2n) is 10.6. The largest absolute Gasteiger partial charge is 0.496 e. The van der Waals surface area contributed by atoms with Crippen LogP contribution in [0, 0.1) is 23.2 Å². The van der Waals surface area contributed by atoms with E-state index in [9.17, 15) is 19.6 Å². The zero-order chi connectivity index (χ0) is 25.5. The maximum atomic E-state index is 14.1. The number of aromatic nitrogens is 1. The van der Waals surface area contributed by atoms with Crippen molar-refractivity contribution in [3.8, 4) is 11.8 Å². The van der Waals surface area contributed by atoms with E-state index in [2.05, 4.69) is 16.4 Å². The SMILES string of the molecule is COc1cccc2[nH]c(C(=O)N3C[C@H]4C[C@H]4[C@H]3C(=O)N3C[C@]4(C[C@H]3C#N)C(=O)Nc3ccccc34)cc12. The topological polar surface area (TPSA) is 119 Å². The highest BCUT2D eigenvalue weighted by atomic mass is 16.5. The van der Waals surface area contributed by atoms with E-state index >= 15 is 0 Å². The molecule has 0 radical (unpaired) electrons. The van der Waals surface area contributed by atoms with Gasteiger partial charge in [-0.2, -0.15) is 5.26 Å². The van der Waals surface area contributed by atoms with Crippen LogP contribution in [0.2, 0.25) is 0 Å². The summed E-state index contributed by atoms with van der Waals surface area (Å²) in [5.74, 6) is 0.363. The molecule has 1 aromatic heterocycles. The van der Waals surface area contributed by atoms with E-state index in [1.165, 1.54) is 0 Å². The third-order valence-electron chi connectivity index (χ3n) is 8.65. The van der Waals surface area contributed by atoms with E-state index in [1.807, 2.05) is 42.5 Å². The number of aromatic amines is 1. The summed E-state index contributed by atoms with van der Waals surface area (Å²) >= 11 is 0. The smallest absolute Gasteiger partial charge is 0.271 e. The minimum Gasteiger partial charge on any atom is -0.496 e. The lowest BCUT2D eigenvalue weighted by Crippen LogP contribution is -2.52. The third-order valence-corrected chi connectivity index (χ3v) is 8.65. The van der Waals surface area contributed by atoms with Gasteiger partial charge in [-0.15, -0.1) is 0 Å². The number of H-pyrrole nitrogens is 1. The first kappa shape index (κ1) is 21.9. The van der Waals surface area contributed by atoms with Gasteiger partial charge in [0.1, 0.15) is 23.5 Å². The van der Waals surface area contributed by atoms with E-state index in [1.54, 1.807) is 23.0 Å². The molecule has 7 rings (SSSR count). The monoisotopic (exact) mass is 495 g/mol. The van der Waals surface area contributed by atoms with Gasteiger partial charge in [0.15, 0.2) is 0 Å². The van der Waals surface area contributed by atoms with E-state index in [0.29, 0.717) is 18.0 Å². The van der Waals surface area contributed by atoms with Crippen molar-refractivity contribution in [2.45, 2.75) is 30.3 Å². The summed E-state index contributed by atoms with van der Waals surface area (Å²) in [7, 11) is 1.59. The molecular weight excluding hydrogens is 470 g/mol. The molecule has 2 aromatic carbocycles. The molecule has 1 aliphatic carbocycles. The molecule has 1 spiro atoms. The standard InChI is InChI=1S/C28H25N5O4/c1-37-23-8-4-7-20-18(23)10-22(30-20)25(34)32-13-15-9-17(15)24(32)26(35)33-14-28(11-16(33)12-29)19-5-2-3-6-21(19)31-27(28)36/h2-8,10,15-17,24,30H,9,11,13-14H2,1H3,(H,31,36)/t15-,16+,17-,24+,28+/m1/s1. The maximum absolute atomic E-state index is 14.1. The molecule has 3 amide bonds. The van der Waals surface area contributed by atoms with Crippen LogP contribution in [-0.4, -0.2) is 64.8 Å². The molecule has 2 saturated heterocycles. The second kappa shape index (κ2) is 7.59. The zero-order valence-electron chi connectivity index (χ0n) is 20.2. The quantitative estimate of drug-likeness (QED) is 0.579. The Bertz CT molecular complexity index is 1540. The van der Waals surface area contributed by atoms with Gasteiger partial charge in [-0.1, -0.05) is 24.3 Å². The lowest BCUT2D eigenvalue weighted by molar-refractivity contribution is -0.136. The summed E-state index contributed by atoms with van der Waals surface area (Å²) in [6.07, 6.45) is 1.13. The Kier molecular flexibility index (Phi) is 4.50. The number of hydrogen-bond donors (Lipinski definition) is 2. The molecule has 3 aliphatic heterocycles. The predicted molar refractivity (Wildman–Crippen MR) is 134 cm³/mol. The number of fused-ring (bicyclic) bond motifs is 4. The number of benzene rings is 2. The average molecular weight is 496 g/mol. The molecule has 9 nitrogen and oxygen atoms in total. The Morgan fingerprint density at radius 3 is 2.81 bits per heavy atom. The fraction of sp³-hybridized carbons (Fsp3) is 0.357. The molecule has 9 heteroatoms. The summed E-state index contributed by atoms with van der Waals surface area (Å²) in [6, 6.07) is 15.7. The molecule has 0 bridgehead atoms. The van der Waals surface area contributed by atoms with Gasteiger partial charge in [0, 0.05) is 36.1 Å². The van der Waals surface area contributed by atoms with Gasteiger partial charge >= 0.3 is 0 Å². The summed E-state index contributed by atoms with van der Waals surface area (Å²) < 4.78 is 5.43. The van der Waals surface area contributed by atoms with Crippen molar-refractivity contribution in [3.05, 3.63) is 59.8 Å². The second-order valence-corrected chi connectivity index (χ2v) is 10.6. The number of carbonyl (C=O) groups excluding carboxylic acids is 3. The van der Waals surface area contributed by atoms with Crippen LogP contribution in [0.25, 0.3) is 10.9 Å². The Morgan fingerprint density at radius 1 is 1.16 bits per heavy atom. The van der Waals surface area contributed by atoms with Crippen LogP contribution in [0.4, 0.5) is 5.69 Å². The van der Waals surface area contributed by atoms with Crippen molar-refractivity contribution in [1.82, 2.24) is 14.8 Å². The highest BCUT2D eigenvalue weighted by Crippen LogP contribution is 2.52. The van der Waals surface area contributed by atoms with Gasteiger partial charge in [0.2, 0.25) is 11.8 Å². The van der Waals surface area contributed by atoms with Crippen LogP contribution in [0.15, 0.2) is 48.5 Å². The molecule has 1 saturated carbocycles. The predicted octanol–water partition coefficient (Wildman–Crippen LogP) is 2.65. The average Bonchev–Trinajstić information content (AvgIpc) is 3.27. The fourth-order valence-electron chi connectivity index (χ4n) is 6.72. The molecule has 5 atom stereocenters. The normalized spacial score (nSPS) is 29.2. The van der Waals surface area contributed by atoms with Gasteiger partial charge in [-0.25, -0.2) is 0 Å². The lowest BCUT2D eigenvalue weighted by atomic mass is 9.80. The van der Waals surface area contributed by atoms with Gasteiger partial charge < -0.3 is 24.8 Å². The summed E-state index contributed by atoms with van der Waals surface area (Å²) in [6.45, 7) is 0.637. The Balaban J connectivity index is 1.20. The number of anilines is 1. The van der Waals surface area contributed by atoms with E-state index < -0.39 is 17.5 Å². The number of nitrogens with one attached hydrogen (secondary N) is 2. The molecule has 3 aromatic rings. The van der Waals surface area contributed by atoms with Crippen LogP contribution >= 0.6 is 0 Å². The van der Waals surface area contributed by atoms with Crippen molar-refractivity contribution in [3.63, 3.8) is 0 Å². The first-order valence-electron chi connectivity index (χ1n) is 12.5. The lowest BCUT2D eigenvalue weighted by Gasteiger charge is -2.31. The molecule has 0 unspecified atom stereocenters. The van der Waals surface area contributed by atoms with E-state index in [4.69, 9.17) is 4.74 Å². The molecular formula is C28H25N5O4. The summed E-state index contributed by atoms with van der Waals surface area (Å²) in [4.78, 5) is 47.2. The minimum absolute atomic E-state index is 0.0796. The van der Waals surface area contributed by atoms with E-state index in [0.717, 1.165) is 28.6 Å². The van der Waals surface area contributed by atoms with Gasteiger partial charge in [-0.05, 0) is 48.1 Å². The number of nitriles is 1. The van der Waals surface area contributed by atoms with Crippen LogP contribution in [0.3, 0.4) is 0 Å². The van der Waals surface area contributed by atoms with Crippen molar-refractivity contribution in [2.75, 3.05) is 25.5 Å². The first-order valence-corrected chi connectivity index (χ1v) is 12.5.